The van der Waals surface area contributed by atoms with Crippen LogP contribution in [0.25, 0.3) is 0 Å². The maximum absolute atomic E-state index is 12.3. The molecule has 1 saturated heterocycles. The number of halogens is 3. The molecule has 0 saturated carbocycles. The molecule has 1 aromatic rings. The molecule has 1 fully saturated rings. The third kappa shape index (κ3) is 4.05. The zero-order chi connectivity index (χ0) is 14.0. The smallest absolute Gasteiger partial charge is 0.346 e. The molecule has 2 heterocycles. The van der Waals surface area contributed by atoms with Gasteiger partial charge < -0.3 is 10.6 Å². The minimum atomic E-state index is -4.12. The van der Waals surface area contributed by atoms with Gasteiger partial charge in [0.05, 0.1) is 12.2 Å². The minimum Gasteiger partial charge on any atom is -0.346 e. The van der Waals surface area contributed by atoms with Crippen LogP contribution in [0.2, 0.25) is 0 Å². The lowest BCUT2D eigenvalue weighted by Gasteiger charge is -2.34. The van der Waals surface area contributed by atoms with Crippen molar-refractivity contribution in [2.45, 2.75) is 19.1 Å². The van der Waals surface area contributed by atoms with E-state index in [9.17, 15) is 13.2 Å². The van der Waals surface area contributed by atoms with Gasteiger partial charge >= 0.3 is 6.18 Å². The summed E-state index contributed by atoms with van der Waals surface area (Å²) in [6.45, 7) is 2.99. The van der Waals surface area contributed by atoms with Gasteiger partial charge in [0, 0.05) is 37.6 Å². The van der Waals surface area contributed by atoms with Gasteiger partial charge in [-0.15, -0.1) is 11.3 Å². The molecule has 0 aromatic carbocycles. The fourth-order valence-electron chi connectivity index (χ4n) is 1.98. The normalized spacial score (nSPS) is 19.7. The van der Waals surface area contributed by atoms with Gasteiger partial charge in [0.2, 0.25) is 0 Å². The summed E-state index contributed by atoms with van der Waals surface area (Å²) in [5.41, 5.74) is 6.57. The van der Waals surface area contributed by atoms with Crippen LogP contribution in [-0.2, 0) is 0 Å². The number of piperazine rings is 1. The maximum atomic E-state index is 12.3. The van der Waals surface area contributed by atoms with Crippen LogP contribution in [0.15, 0.2) is 5.38 Å². The highest BCUT2D eigenvalue weighted by atomic mass is 32.1. The number of nitrogens with two attached hydrogens (primary N) is 1. The monoisotopic (exact) mass is 294 g/mol. The molecule has 19 heavy (non-hydrogen) atoms. The Balaban J connectivity index is 1.89. The minimum absolute atomic E-state index is 0.114. The van der Waals surface area contributed by atoms with Crippen molar-refractivity contribution >= 4 is 16.5 Å². The summed E-state index contributed by atoms with van der Waals surface area (Å²) in [6, 6.07) is -0.114. The molecule has 0 bridgehead atoms. The van der Waals surface area contributed by atoms with Gasteiger partial charge in [-0.2, -0.15) is 13.2 Å². The van der Waals surface area contributed by atoms with Crippen LogP contribution in [0.4, 0.5) is 18.3 Å². The predicted octanol–water partition coefficient (Wildman–Crippen LogP) is 1.85. The number of aromatic nitrogens is 1. The van der Waals surface area contributed by atoms with Gasteiger partial charge in [-0.1, -0.05) is 0 Å². The molecule has 1 aliphatic rings. The summed E-state index contributed by atoms with van der Waals surface area (Å²) >= 11 is 1.49. The molecule has 2 N–H and O–H groups in total. The van der Waals surface area contributed by atoms with Crippen molar-refractivity contribution in [2.24, 2.45) is 5.73 Å². The second-order valence-corrected chi connectivity index (χ2v) is 5.56. The first-order valence-electron chi connectivity index (χ1n) is 6.10. The topological polar surface area (TPSA) is 45.4 Å². The number of hydrogen-bond acceptors (Lipinski definition) is 5. The molecule has 2 rings (SSSR count). The van der Waals surface area contributed by atoms with Gasteiger partial charge in [-0.25, -0.2) is 4.98 Å². The van der Waals surface area contributed by atoms with Crippen LogP contribution in [0.1, 0.15) is 18.7 Å². The molecule has 0 amide bonds. The lowest BCUT2D eigenvalue weighted by Crippen LogP contribution is -2.49. The highest BCUT2D eigenvalue weighted by Gasteiger charge is 2.32. The van der Waals surface area contributed by atoms with E-state index in [-0.39, 0.29) is 6.04 Å². The molecule has 8 heteroatoms. The first-order chi connectivity index (χ1) is 8.85. The zero-order valence-electron chi connectivity index (χ0n) is 10.7. The molecular weight excluding hydrogens is 277 g/mol. The summed E-state index contributed by atoms with van der Waals surface area (Å²) in [4.78, 5) is 7.86. The summed E-state index contributed by atoms with van der Waals surface area (Å²) in [7, 11) is 0. The SMILES string of the molecule is CC(N)c1csc(N2CCN(CC(F)(F)F)CC2)n1. The Labute approximate surface area is 114 Å². The average Bonchev–Trinajstić information content (AvgIpc) is 2.77. The van der Waals surface area contributed by atoms with Crippen molar-refractivity contribution in [1.82, 2.24) is 9.88 Å². The summed E-state index contributed by atoms with van der Waals surface area (Å²) in [5, 5.41) is 2.75. The van der Waals surface area contributed by atoms with Crippen LogP contribution in [0.3, 0.4) is 0 Å². The van der Waals surface area contributed by atoms with E-state index in [1.165, 1.54) is 16.2 Å². The van der Waals surface area contributed by atoms with Crippen molar-refractivity contribution in [1.29, 1.82) is 0 Å². The van der Waals surface area contributed by atoms with E-state index in [4.69, 9.17) is 5.73 Å². The van der Waals surface area contributed by atoms with Crippen molar-refractivity contribution < 1.29 is 13.2 Å². The molecule has 0 aliphatic carbocycles. The van der Waals surface area contributed by atoms with Crippen molar-refractivity contribution in [3.63, 3.8) is 0 Å². The van der Waals surface area contributed by atoms with Crippen LogP contribution in [0.5, 0.6) is 0 Å². The third-order valence-corrected chi connectivity index (χ3v) is 3.94. The third-order valence-electron chi connectivity index (χ3n) is 3.02. The fourth-order valence-corrected chi connectivity index (χ4v) is 2.96. The molecule has 0 radical (unpaired) electrons. The number of nitrogens with zero attached hydrogens (tertiary/aromatic N) is 3. The Morgan fingerprint density at radius 3 is 2.47 bits per heavy atom. The number of hydrogen-bond donors (Lipinski definition) is 1. The Morgan fingerprint density at radius 1 is 1.37 bits per heavy atom. The van der Waals surface area contributed by atoms with Crippen molar-refractivity contribution in [3.05, 3.63) is 11.1 Å². The van der Waals surface area contributed by atoms with Gasteiger partial charge in [0.15, 0.2) is 5.13 Å². The molecule has 1 aliphatic heterocycles. The van der Waals surface area contributed by atoms with Crippen LogP contribution >= 0.6 is 11.3 Å². The molecule has 1 unspecified atom stereocenters. The van der Waals surface area contributed by atoms with E-state index in [2.05, 4.69) is 4.98 Å². The van der Waals surface area contributed by atoms with Gasteiger partial charge in [-0.3, -0.25) is 4.90 Å². The van der Waals surface area contributed by atoms with E-state index in [0.29, 0.717) is 26.2 Å². The number of thiazole rings is 1. The molecule has 1 aromatic heterocycles. The predicted molar refractivity (Wildman–Crippen MR) is 69.4 cm³/mol. The van der Waals surface area contributed by atoms with Crippen LogP contribution in [0, 0.1) is 0 Å². The van der Waals surface area contributed by atoms with E-state index in [1.54, 1.807) is 0 Å². The number of rotatable bonds is 3. The Morgan fingerprint density at radius 2 is 2.00 bits per heavy atom. The Bertz CT molecular complexity index is 410. The van der Waals surface area contributed by atoms with E-state index in [0.717, 1.165) is 10.8 Å². The molecule has 108 valence electrons. The summed E-state index contributed by atoms with van der Waals surface area (Å²) in [6.07, 6.45) is -4.12. The van der Waals surface area contributed by atoms with Gasteiger partial charge in [-0.05, 0) is 6.92 Å². The fraction of sp³-hybridized carbons (Fsp3) is 0.727. The number of anilines is 1. The summed E-state index contributed by atoms with van der Waals surface area (Å²) < 4.78 is 36.8. The standard InChI is InChI=1S/C11H17F3N4S/c1-8(15)9-6-19-10(16-9)18-4-2-17(3-5-18)7-11(12,13)14/h6,8H,2-5,7,15H2,1H3. The van der Waals surface area contributed by atoms with Gasteiger partial charge in [0.25, 0.3) is 0 Å². The highest BCUT2D eigenvalue weighted by molar-refractivity contribution is 7.13. The summed E-state index contributed by atoms with van der Waals surface area (Å²) in [5.74, 6) is 0. The quantitative estimate of drug-likeness (QED) is 0.924. The molecular formula is C11H17F3N4S. The van der Waals surface area contributed by atoms with Crippen molar-refractivity contribution in [3.8, 4) is 0 Å². The lowest BCUT2D eigenvalue weighted by molar-refractivity contribution is -0.146. The molecule has 1 atom stereocenters. The van der Waals surface area contributed by atoms with Crippen molar-refractivity contribution in [2.75, 3.05) is 37.6 Å². The van der Waals surface area contributed by atoms with Gasteiger partial charge in [0.1, 0.15) is 0 Å². The highest BCUT2D eigenvalue weighted by Crippen LogP contribution is 2.25. The van der Waals surface area contributed by atoms with Crippen LogP contribution in [-0.4, -0.2) is 48.8 Å². The number of alkyl halides is 3. The van der Waals surface area contributed by atoms with E-state index >= 15 is 0 Å². The average molecular weight is 294 g/mol. The Kier molecular flexibility index (Phi) is 4.32. The Hall–Kier alpha value is -0.860. The zero-order valence-corrected chi connectivity index (χ0v) is 11.5. The molecule has 0 spiro atoms. The lowest BCUT2D eigenvalue weighted by atomic mass is 10.3. The van der Waals surface area contributed by atoms with Crippen LogP contribution < -0.4 is 10.6 Å². The van der Waals surface area contributed by atoms with E-state index in [1.807, 2.05) is 17.2 Å². The maximum Gasteiger partial charge on any atom is 0.401 e. The first kappa shape index (κ1) is 14.5. The second kappa shape index (κ2) is 5.64. The first-order valence-corrected chi connectivity index (χ1v) is 6.98. The largest absolute Gasteiger partial charge is 0.401 e. The molecule has 4 nitrogen and oxygen atoms in total. The second-order valence-electron chi connectivity index (χ2n) is 4.72. The van der Waals surface area contributed by atoms with E-state index < -0.39 is 12.7 Å².